The third-order valence-corrected chi connectivity index (χ3v) is 2.20. The van der Waals surface area contributed by atoms with E-state index in [-0.39, 0.29) is 18.2 Å². The van der Waals surface area contributed by atoms with Gasteiger partial charge in [-0.15, -0.1) is 0 Å². The number of anilines is 2. The highest BCUT2D eigenvalue weighted by atomic mass is 19.4. The zero-order chi connectivity index (χ0) is 14.5. The summed E-state index contributed by atoms with van der Waals surface area (Å²) in [6, 6.07) is 0.992. The van der Waals surface area contributed by atoms with Gasteiger partial charge >= 0.3 is 6.18 Å². The summed E-state index contributed by atoms with van der Waals surface area (Å²) in [5.74, 6) is -1.07. The third kappa shape index (κ3) is 4.90. The molecule has 3 N–H and O–H groups in total. The van der Waals surface area contributed by atoms with E-state index in [4.69, 9.17) is 5.11 Å². The minimum absolute atomic E-state index is 0.0301. The highest BCUT2D eigenvalue weighted by Gasteiger charge is 2.35. The number of rotatable bonds is 6. The van der Waals surface area contributed by atoms with Gasteiger partial charge < -0.3 is 15.7 Å². The van der Waals surface area contributed by atoms with Crippen molar-refractivity contribution in [1.29, 1.82) is 0 Å². The number of nitrogens with one attached hydrogen (secondary N) is 2. The third-order valence-electron chi connectivity index (χ3n) is 2.20. The summed E-state index contributed by atoms with van der Waals surface area (Å²) in [7, 11) is 0. The first-order valence-electron chi connectivity index (χ1n) is 5.94. The van der Waals surface area contributed by atoms with E-state index in [1.807, 2.05) is 6.92 Å². The van der Waals surface area contributed by atoms with Gasteiger partial charge in [-0.3, -0.25) is 0 Å². The Labute approximate surface area is 109 Å². The Bertz CT molecular complexity index is 411. The summed E-state index contributed by atoms with van der Waals surface area (Å²) in [4.78, 5) is 6.83. The molecule has 0 aliphatic heterocycles. The molecule has 0 bridgehead atoms. The van der Waals surface area contributed by atoms with Crippen LogP contribution in [-0.4, -0.2) is 34.3 Å². The Morgan fingerprint density at radius 1 is 1.32 bits per heavy atom. The number of alkyl halides is 3. The SMILES string of the molecule is CCCNc1cc(NC(C)CO)nc(C(F)(F)F)n1. The predicted octanol–water partition coefficient (Wildman–Crippen LogP) is 2.11. The average Bonchev–Trinajstić information content (AvgIpc) is 2.34. The van der Waals surface area contributed by atoms with Crippen molar-refractivity contribution in [3.8, 4) is 0 Å². The molecule has 1 atom stereocenters. The van der Waals surface area contributed by atoms with Crippen LogP contribution in [-0.2, 0) is 6.18 Å². The van der Waals surface area contributed by atoms with Crippen LogP contribution in [0.2, 0.25) is 0 Å². The van der Waals surface area contributed by atoms with Crippen LogP contribution in [0.4, 0.5) is 24.8 Å². The van der Waals surface area contributed by atoms with Crippen LogP contribution < -0.4 is 10.6 Å². The van der Waals surface area contributed by atoms with Gasteiger partial charge in [-0.25, -0.2) is 9.97 Å². The van der Waals surface area contributed by atoms with Crippen LogP contribution in [0.3, 0.4) is 0 Å². The van der Waals surface area contributed by atoms with Crippen molar-refractivity contribution >= 4 is 11.6 Å². The zero-order valence-electron chi connectivity index (χ0n) is 10.8. The number of aromatic nitrogens is 2. The smallest absolute Gasteiger partial charge is 0.394 e. The molecule has 0 aliphatic carbocycles. The summed E-state index contributed by atoms with van der Waals surface area (Å²) in [6.07, 6.45) is -3.84. The molecule has 0 aliphatic rings. The topological polar surface area (TPSA) is 70.1 Å². The van der Waals surface area contributed by atoms with E-state index in [0.717, 1.165) is 6.42 Å². The molecule has 5 nitrogen and oxygen atoms in total. The Morgan fingerprint density at radius 2 is 1.95 bits per heavy atom. The maximum absolute atomic E-state index is 12.7. The van der Waals surface area contributed by atoms with Crippen LogP contribution in [0.1, 0.15) is 26.1 Å². The van der Waals surface area contributed by atoms with Gasteiger partial charge in [0.15, 0.2) is 0 Å². The van der Waals surface area contributed by atoms with Crippen LogP contribution in [0.15, 0.2) is 6.07 Å². The second kappa shape index (κ2) is 6.55. The standard InChI is InChI=1S/C11H17F3N4O/c1-3-4-15-8-5-9(16-7(2)6-19)18-10(17-8)11(12,13)14/h5,7,19H,3-4,6H2,1-2H3,(H2,15,16,17,18). The molecule has 0 saturated carbocycles. The highest BCUT2D eigenvalue weighted by molar-refractivity contribution is 5.48. The fourth-order valence-corrected chi connectivity index (χ4v) is 1.29. The molecule has 0 fully saturated rings. The first-order valence-corrected chi connectivity index (χ1v) is 5.94. The van der Waals surface area contributed by atoms with Gasteiger partial charge in [0.25, 0.3) is 0 Å². The van der Waals surface area contributed by atoms with E-state index >= 15 is 0 Å². The summed E-state index contributed by atoms with van der Waals surface area (Å²) in [5.41, 5.74) is 0. The van der Waals surface area contributed by atoms with Crippen molar-refractivity contribution in [1.82, 2.24) is 9.97 Å². The molecule has 1 aromatic rings. The maximum Gasteiger partial charge on any atom is 0.451 e. The molecule has 0 amide bonds. The molecule has 1 aromatic heterocycles. The van der Waals surface area contributed by atoms with Gasteiger partial charge in [0.2, 0.25) is 5.82 Å². The second-order valence-electron chi connectivity index (χ2n) is 4.11. The van der Waals surface area contributed by atoms with Crippen molar-refractivity contribution < 1.29 is 18.3 Å². The monoisotopic (exact) mass is 278 g/mol. The lowest BCUT2D eigenvalue weighted by molar-refractivity contribution is -0.144. The number of aliphatic hydroxyl groups excluding tert-OH is 1. The van der Waals surface area contributed by atoms with E-state index in [9.17, 15) is 13.2 Å². The molecular formula is C11H17F3N4O. The molecule has 0 aromatic carbocycles. The van der Waals surface area contributed by atoms with Crippen molar-refractivity contribution in [2.45, 2.75) is 32.5 Å². The lowest BCUT2D eigenvalue weighted by Gasteiger charge is -2.15. The van der Waals surface area contributed by atoms with Crippen molar-refractivity contribution in [2.75, 3.05) is 23.8 Å². The van der Waals surface area contributed by atoms with Crippen LogP contribution in [0, 0.1) is 0 Å². The van der Waals surface area contributed by atoms with E-state index in [2.05, 4.69) is 20.6 Å². The highest BCUT2D eigenvalue weighted by Crippen LogP contribution is 2.28. The fraction of sp³-hybridized carbons (Fsp3) is 0.636. The van der Waals surface area contributed by atoms with Crippen LogP contribution >= 0.6 is 0 Å². The Kier molecular flexibility index (Phi) is 5.34. The molecule has 1 heterocycles. The zero-order valence-corrected chi connectivity index (χ0v) is 10.8. The summed E-state index contributed by atoms with van der Waals surface area (Å²) >= 11 is 0. The van der Waals surface area contributed by atoms with Gasteiger partial charge in [-0.1, -0.05) is 6.92 Å². The Balaban J connectivity index is 3.02. The minimum atomic E-state index is -4.61. The van der Waals surface area contributed by atoms with Gasteiger partial charge in [0.05, 0.1) is 6.61 Å². The number of aliphatic hydroxyl groups is 1. The van der Waals surface area contributed by atoms with Gasteiger partial charge in [0, 0.05) is 18.7 Å². The molecule has 0 spiro atoms. The Morgan fingerprint density at radius 3 is 2.47 bits per heavy atom. The Hall–Kier alpha value is -1.57. The van der Waals surface area contributed by atoms with E-state index in [0.29, 0.717) is 6.54 Å². The molecule has 8 heteroatoms. The molecule has 108 valence electrons. The van der Waals surface area contributed by atoms with Crippen molar-refractivity contribution in [3.05, 3.63) is 11.9 Å². The number of halogens is 3. The number of nitrogens with zero attached hydrogens (tertiary/aromatic N) is 2. The molecule has 19 heavy (non-hydrogen) atoms. The molecule has 0 radical (unpaired) electrons. The van der Waals surface area contributed by atoms with Crippen molar-refractivity contribution in [2.24, 2.45) is 0 Å². The quantitative estimate of drug-likeness (QED) is 0.743. The number of hydrogen-bond donors (Lipinski definition) is 3. The molecule has 0 saturated heterocycles. The van der Waals surface area contributed by atoms with Crippen molar-refractivity contribution in [3.63, 3.8) is 0 Å². The van der Waals surface area contributed by atoms with Crippen LogP contribution in [0.25, 0.3) is 0 Å². The first-order chi connectivity index (χ1) is 8.86. The lowest BCUT2D eigenvalue weighted by Crippen LogP contribution is -2.22. The van der Waals surface area contributed by atoms with E-state index in [1.54, 1.807) is 6.92 Å². The van der Waals surface area contributed by atoms with E-state index < -0.39 is 18.0 Å². The normalized spacial score (nSPS) is 13.2. The largest absolute Gasteiger partial charge is 0.451 e. The predicted molar refractivity (Wildman–Crippen MR) is 66.0 cm³/mol. The summed E-state index contributed by atoms with van der Waals surface area (Å²) in [6.45, 7) is 3.84. The minimum Gasteiger partial charge on any atom is -0.394 e. The van der Waals surface area contributed by atoms with Gasteiger partial charge in [-0.05, 0) is 13.3 Å². The summed E-state index contributed by atoms with van der Waals surface area (Å²) < 4.78 is 38.0. The molecule has 1 rings (SSSR count). The maximum atomic E-state index is 12.7. The first kappa shape index (κ1) is 15.5. The second-order valence-corrected chi connectivity index (χ2v) is 4.11. The van der Waals surface area contributed by atoms with Gasteiger partial charge in [-0.2, -0.15) is 13.2 Å². The number of hydrogen-bond acceptors (Lipinski definition) is 5. The molecular weight excluding hydrogens is 261 g/mol. The lowest BCUT2D eigenvalue weighted by atomic mass is 10.3. The molecule has 1 unspecified atom stereocenters. The summed E-state index contributed by atoms with van der Waals surface area (Å²) in [5, 5.41) is 14.4. The van der Waals surface area contributed by atoms with Crippen LogP contribution in [0.5, 0.6) is 0 Å². The fourth-order valence-electron chi connectivity index (χ4n) is 1.29. The van der Waals surface area contributed by atoms with Gasteiger partial charge in [0.1, 0.15) is 11.6 Å². The van der Waals surface area contributed by atoms with E-state index in [1.165, 1.54) is 6.07 Å². The average molecular weight is 278 g/mol.